The third-order valence-corrected chi connectivity index (χ3v) is 4.81. The summed E-state index contributed by atoms with van der Waals surface area (Å²) < 4.78 is 23.0. The number of hydrogen-bond donors (Lipinski definition) is 1. The van der Waals surface area contributed by atoms with Crippen molar-refractivity contribution in [3.8, 4) is 17.2 Å². The number of fused-ring (bicyclic) bond motifs is 1. The summed E-state index contributed by atoms with van der Waals surface area (Å²) in [6.07, 6.45) is 0.381. The first-order chi connectivity index (χ1) is 11.6. The summed E-state index contributed by atoms with van der Waals surface area (Å²) in [6.45, 7) is 0. The molecule has 0 aliphatic carbocycles. The molecular formula is C18H20BrNO4. The lowest BCUT2D eigenvalue weighted by Gasteiger charge is -2.32. The average Bonchev–Trinajstić information content (AvgIpc) is 2.59. The van der Waals surface area contributed by atoms with Crippen LogP contribution in [0.4, 0.5) is 5.69 Å². The zero-order chi connectivity index (χ0) is 17.3. The van der Waals surface area contributed by atoms with Crippen LogP contribution in [-0.4, -0.2) is 27.6 Å². The minimum absolute atomic E-state index is 0.107. The minimum Gasteiger partial charge on any atom is -0.493 e. The smallest absolute Gasteiger partial charge is 0.200 e. The van der Waals surface area contributed by atoms with Crippen molar-refractivity contribution in [1.29, 1.82) is 0 Å². The van der Waals surface area contributed by atoms with Gasteiger partial charge in [0.2, 0.25) is 0 Å². The van der Waals surface area contributed by atoms with E-state index in [2.05, 4.69) is 15.9 Å². The van der Waals surface area contributed by atoms with Crippen molar-refractivity contribution in [2.24, 2.45) is 0 Å². The number of hydrogen-bond acceptors (Lipinski definition) is 5. The molecule has 128 valence electrons. The van der Waals surface area contributed by atoms with Crippen molar-refractivity contribution in [2.45, 2.75) is 18.6 Å². The molecule has 0 fully saturated rings. The zero-order valence-corrected chi connectivity index (χ0v) is 15.4. The van der Waals surface area contributed by atoms with E-state index in [-0.39, 0.29) is 12.2 Å². The second-order valence-electron chi connectivity index (χ2n) is 5.61. The number of ether oxygens (including phenoxy) is 4. The Balaban J connectivity index is 2.10. The maximum atomic E-state index is 5.90. The molecular weight excluding hydrogens is 374 g/mol. The lowest BCUT2D eigenvalue weighted by molar-refractivity contribution is -0.0689. The second kappa shape index (κ2) is 6.91. The molecule has 2 unspecified atom stereocenters. The minimum atomic E-state index is -0.323. The van der Waals surface area contributed by atoms with Crippen LogP contribution >= 0.6 is 15.9 Å². The van der Waals surface area contributed by atoms with E-state index in [0.29, 0.717) is 23.6 Å². The summed E-state index contributed by atoms with van der Waals surface area (Å²) in [4.78, 5) is 0. The Morgan fingerprint density at radius 2 is 1.92 bits per heavy atom. The second-order valence-corrected chi connectivity index (χ2v) is 6.46. The van der Waals surface area contributed by atoms with Crippen LogP contribution in [0.3, 0.4) is 0 Å². The monoisotopic (exact) mass is 393 g/mol. The molecule has 0 saturated heterocycles. The molecule has 2 N–H and O–H groups in total. The molecule has 0 radical (unpaired) electrons. The van der Waals surface area contributed by atoms with Gasteiger partial charge in [-0.25, -0.2) is 0 Å². The summed E-state index contributed by atoms with van der Waals surface area (Å²) >= 11 is 3.56. The summed E-state index contributed by atoms with van der Waals surface area (Å²) in [5.74, 6) is 2.22. The first-order valence-electron chi connectivity index (χ1n) is 7.57. The molecule has 1 aliphatic heterocycles. The third kappa shape index (κ3) is 3.03. The molecule has 3 rings (SSSR count). The van der Waals surface area contributed by atoms with Crippen molar-refractivity contribution >= 4 is 21.6 Å². The first kappa shape index (κ1) is 16.9. The first-order valence-corrected chi connectivity index (χ1v) is 8.37. The van der Waals surface area contributed by atoms with E-state index in [1.165, 1.54) is 0 Å². The summed E-state index contributed by atoms with van der Waals surface area (Å²) in [6, 6.07) is 9.77. The molecule has 0 amide bonds. The van der Waals surface area contributed by atoms with Crippen molar-refractivity contribution < 1.29 is 18.9 Å². The van der Waals surface area contributed by atoms with Gasteiger partial charge in [0.1, 0.15) is 5.75 Å². The fourth-order valence-corrected chi connectivity index (χ4v) is 3.67. The average molecular weight is 394 g/mol. The predicted octanol–water partition coefficient (Wildman–Crippen LogP) is 3.94. The Morgan fingerprint density at radius 1 is 1.12 bits per heavy atom. The van der Waals surface area contributed by atoms with Gasteiger partial charge in [-0.3, -0.25) is 0 Å². The van der Waals surface area contributed by atoms with Gasteiger partial charge < -0.3 is 24.7 Å². The normalized spacial score (nSPS) is 19.3. The maximum Gasteiger partial charge on any atom is 0.200 e. The Bertz CT molecular complexity index is 750. The van der Waals surface area contributed by atoms with E-state index in [0.717, 1.165) is 21.3 Å². The molecule has 2 aromatic carbocycles. The van der Waals surface area contributed by atoms with E-state index >= 15 is 0 Å². The van der Waals surface area contributed by atoms with Crippen molar-refractivity contribution in [1.82, 2.24) is 0 Å². The van der Waals surface area contributed by atoms with E-state index < -0.39 is 0 Å². The van der Waals surface area contributed by atoms with Crippen LogP contribution in [-0.2, 0) is 4.74 Å². The number of methoxy groups -OCH3 is 3. The van der Waals surface area contributed by atoms with Gasteiger partial charge in [0.05, 0.1) is 18.7 Å². The SMILES string of the molecule is COc1cc(C2CC(OC)Oc3cc(N)ccc32)cc(Br)c1OC. The predicted molar refractivity (Wildman–Crippen MR) is 96.0 cm³/mol. The van der Waals surface area contributed by atoms with Gasteiger partial charge in [0.25, 0.3) is 0 Å². The fourth-order valence-electron chi connectivity index (χ4n) is 3.05. The summed E-state index contributed by atoms with van der Waals surface area (Å²) in [7, 11) is 4.89. The Hall–Kier alpha value is -1.92. The standard InChI is InChI=1S/C18H20BrNO4/c1-21-16-7-10(6-14(19)18(16)23-3)13-9-17(22-2)24-15-8-11(20)4-5-12(13)15/h4-8,13,17H,9,20H2,1-3H3. The lowest BCUT2D eigenvalue weighted by Crippen LogP contribution is -2.27. The molecule has 2 atom stereocenters. The topological polar surface area (TPSA) is 62.9 Å². The highest BCUT2D eigenvalue weighted by Gasteiger charge is 2.30. The van der Waals surface area contributed by atoms with Crippen molar-refractivity contribution in [3.05, 3.63) is 45.9 Å². The molecule has 0 bridgehead atoms. The van der Waals surface area contributed by atoms with E-state index in [1.54, 1.807) is 21.3 Å². The highest BCUT2D eigenvalue weighted by atomic mass is 79.9. The molecule has 24 heavy (non-hydrogen) atoms. The van der Waals surface area contributed by atoms with Crippen LogP contribution in [0.5, 0.6) is 17.2 Å². The number of halogens is 1. The Morgan fingerprint density at radius 3 is 2.58 bits per heavy atom. The van der Waals surface area contributed by atoms with Crippen LogP contribution in [0, 0.1) is 0 Å². The summed E-state index contributed by atoms with van der Waals surface area (Å²) in [5.41, 5.74) is 8.73. The highest BCUT2D eigenvalue weighted by Crippen LogP contribution is 2.45. The molecule has 5 nitrogen and oxygen atoms in total. The van der Waals surface area contributed by atoms with Gasteiger partial charge in [0.15, 0.2) is 17.8 Å². The molecule has 6 heteroatoms. The van der Waals surface area contributed by atoms with Gasteiger partial charge in [-0.15, -0.1) is 0 Å². The Kier molecular flexibility index (Phi) is 4.87. The lowest BCUT2D eigenvalue weighted by atomic mass is 9.85. The van der Waals surface area contributed by atoms with Crippen molar-refractivity contribution in [3.63, 3.8) is 0 Å². The van der Waals surface area contributed by atoms with Crippen LogP contribution < -0.4 is 19.9 Å². The van der Waals surface area contributed by atoms with Crippen LogP contribution in [0.1, 0.15) is 23.5 Å². The van der Waals surface area contributed by atoms with Crippen LogP contribution in [0.2, 0.25) is 0 Å². The van der Waals surface area contributed by atoms with E-state index in [4.69, 9.17) is 24.7 Å². The summed E-state index contributed by atoms with van der Waals surface area (Å²) in [5, 5.41) is 0. The molecule has 0 aromatic heterocycles. The van der Waals surface area contributed by atoms with Crippen LogP contribution in [0.25, 0.3) is 0 Å². The highest BCUT2D eigenvalue weighted by molar-refractivity contribution is 9.10. The number of benzene rings is 2. The number of anilines is 1. The van der Waals surface area contributed by atoms with Crippen molar-refractivity contribution in [2.75, 3.05) is 27.1 Å². The number of rotatable bonds is 4. The maximum absolute atomic E-state index is 5.90. The third-order valence-electron chi connectivity index (χ3n) is 4.22. The van der Waals surface area contributed by atoms with Gasteiger partial charge in [-0.05, 0) is 39.7 Å². The van der Waals surface area contributed by atoms with Gasteiger partial charge in [-0.2, -0.15) is 0 Å². The van der Waals surface area contributed by atoms with Gasteiger partial charge in [-0.1, -0.05) is 6.07 Å². The quantitative estimate of drug-likeness (QED) is 0.797. The molecule has 0 spiro atoms. The number of nitrogen functional groups attached to an aromatic ring is 1. The fraction of sp³-hybridized carbons (Fsp3) is 0.333. The molecule has 0 saturated carbocycles. The van der Waals surface area contributed by atoms with Crippen LogP contribution in [0.15, 0.2) is 34.8 Å². The molecule has 1 heterocycles. The molecule has 1 aliphatic rings. The van der Waals surface area contributed by atoms with E-state index in [9.17, 15) is 0 Å². The largest absolute Gasteiger partial charge is 0.493 e. The Labute approximate surface area is 149 Å². The van der Waals surface area contributed by atoms with Gasteiger partial charge in [0, 0.05) is 36.8 Å². The zero-order valence-electron chi connectivity index (χ0n) is 13.8. The van der Waals surface area contributed by atoms with E-state index in [1.807, 2.05) is 30.3 Å². The van der Waals surface area contributed by atoms with Gasteiger partial charge >= 0.3 is 0 Å². The molecule has 2 aromatic rings. The number of nitrogens with two attached hydrogens (primary N) is 1.